The van der Waals surface area contributed by atoms with Crippen LogP contribution in [0.1, 0.15) is 18.4 Å². The second kappa shape index (κ2) is 6.64. The van der Waals surface area contributed by atoms with Crippen LogP contribution in [0.15, 0.2) is 36.7 Å². The number of methoxy groups -OCH3 is 1. The number of aryl methyl sites for hydroxylation is 1. The molecule has 4 nitrogen and oxygen atoms in total. The fourth-order valence-corrected chi connectivity index (χ4v) is 1.82. The summed E-state index contributed by atoms with van der Waals surface area (Å²) in [6.07, 6.45) is 6.89. The quantitative estimate of drug-likeness (QED) is 0.589. The Hall–Kier alpha value is -2.23. The van der Waals surface area contributed by atoms with E-state index in [0.717, 1.165) is 30.3 Å². The van der Waals surface area contributed by atoms with E-state index in [-0.39, 0.29) is 0 Å². The van der Waals surface area contributed by atoms with Crippen LogP contribution in [0.25, 0.3) is 11.1 Å². The minimum Gasteiger partial charge on any atom is -0.467 e. The monoisotopic (exact) mass is 256 g/mol. The van der Waals surface area contributed by atoms with Crippen LogP contribution in [0.2, 0.25) is 0 Å². The lowest BCUT2D eigenvalue weighted by atomic mass is 10.0. The van der Waals surface area contributed by atoms with Crippen molar-refractivity contribution < 1.29 is 9.53 Å². The van der Waals surface area contributed by atoms with Crippen molar-refractivity contribution in [2.75, 3.05) is 7.11 Å². The van der Waals surface area contributed by atoms with Gasteiger partial charge in [-0.15, -0.1) is 0 Å². The maximum atomic E-state index is 10.3. The van der Waals surface area contributed by atoms with Crippen molar-refractivity contribution in [1.29, 1.82) is 0 Å². The molecule has 0 saturated carbocycles. The molecular formula is C15H16N2O2. The Morgan fingerprint density at radius 3 is 2.37 bits per heavy atom. The molecule has 19 heavy (non-hydrogen) atoms. The Morgan fingerprint density at radius 2 is 1.79 bits per heavy atom. The molecule has 0 N–H and O–H groups in total. The molecule has 0 saturated heterocycles. The van der Waals surface area contributed by atoms with Gasteiger partial charge in [-0.3, -0.25) is 0 Å². The summed E-state index contributed by atoms with van der Waals surface area (Å²) in [7, 11) is 1.54. The number of unbranched alkanes of at least 4 members (excludes halogenated alkanes) is 1. The van der Waals surface area contributed by atoms with Gasteiger partial charge in [0, 0.05) is 24.4 Å². The predicted molar refractivity (Wildman–Crippen MR) is 73.0 cm³/mol. The zero-order chi connectivity index (χ0) is 13.5. The van der Waals surface area contributed by atoms with Gasteiger partial charge in [-0.05, 0) is 24.0 Å². The van der Waals surface area contributed by atoms with E-state index in [2.05, 4.69) is 22.1 Å². The molecule has 0 fully saturated rings. The Kier molecular flexibility index (Phi) is 4.61. The topological polar surface area (TPSA) is 52.1 Å². The van der Waals surface area contributed by atoms with Crippen LogP contribution in [0.4, 0.5) is 0 Å². The molecule has 0 aliphatic heterocycles. The number of rotatable bonds is 6. The Labute approximate surface area is 112 Å². The molecule has 0 bridgehead atoms. The highest BCUT2D eigenvalue weighted by atomic mass is 16.5. The average molecular weight is 256 g/mol. The van der Waals surface area contributed by atoms with E-state index < -0.39 is 0 Å². The van der Waals surface area contributed by atoms with Crippen LogP contribution in [0, 0.1) is 0 Å². The molecule has 98 valence electrons. The van der Waals surface area contributed by atoms with Gasteiger partial charge in [0.15, 0.2) is 0 Å². The minimum absolute atomic E-state index is 0.370. The summed E-state index contributed by atoms with van der Waals surface area (Å²) in [5, 5.41) is 0. The van der Waals surface area contributed by atoms with Crippen molar-refractivity contribution in [2.24, 2.45) is 0 Å². The van der Waals surface area contributed by atoms with Crippen molar-refractivity contribution in [3.63, 3.8) is 0 Å². The number of benzene rings is 1. The number of hydrogen-bond donors (Lipinski definition) is 0. The summed E-state index contributed by atoms with van der Waals surface area (Å²) < 4.78 is 4.93. The zero-order valence-corrected chi connectivity index (χ0v) is 10.9. The van der Waals surface area contributed by atoms with Crippen molar-refractivity contribution in [2.45, 2.75) is 19.3 Å². The van der Waals surface area contributed by atoms with Gasteiger partial charge in [0.2, 0.25) is 0 Å². The van der Waals surface area contributed by atoms with Crippen molar-refractivity contribution >= 4 is 6.29 Å². The van der Waals surface area contributed by atoms with Gasteiger partial charge in [-0.25, -0.2) is 9.97 Å². The molecule has 0 aliphatic rings. The van der Waals surface area contributed by atoms with Gasteiger partial charge < -0.3 is 9.53 Å². The zero-order valence-electron chi connectivity index (χ0n) is 10.9. The summed E-state index contributed by atoms with van der Waals surface area (Å²) in [6.45, 7) is 0. The van der Waals surface area contributed by atoms with E-state index in [9.17, 15) is 4.79 Å². The van der Waals surface area contributed by atoms with Crippen molar-refractivity contribution in [3.8, 4) is 17.1 Å². The summed E-state index contributed by atoms with van der Waals surface area (Å²) >= 11 is 0. The van der Waals surface area contributed by atoms with E-state index in [1.54, 1.807) is 19.5 Å². The molecule has 1 heterocycles. The molecule has 2 rings (SSSR count). The number of carbonyl (C=O) groups excluding carboxylic acids is 1. The molecule has 1 aromatic carbocycles. The van der Waals surface area contributed by atoms with Gasteiger partial charge >= 0.3 is 6.01 Å². The van der Waals surface area contributed by atoms with Crippen LogP contribution in [0.3, 0.4) is 0 Å². The Bertz CT molecular complexity index is 521. The predicted octanol–water partition coefficient (Wildman–Crippen LogP) is 2.67. The summed E-state index contributed by atoms with van der Waals surface area (Å²) in [5.74, 6) is 0. The summed E-state index contributed by atoms with van der Waals surface area (Å²) in [5.41, 5.74) is 3.27. The third kappa shape index (κ3) is 3.61. The Balaban J connectivity index is 2.06. The van der Waals surface area contributed by atoms with E-state index >= 15 is 0 Å². The maximum Gasteiger partial charge on any atom is 0.316 e. The first-order valence-corrected chi connectivity index (χ1v) is 6.22. The SMILES string of the molecule is COc1ncc(-c2ccc(CCCC=O)cc2)cn1. The second-order valence-corrected chi connectivity index (χ2v) is 4.21. The van der Waals surface area contributed by atoms with E-state index in [1.165, 1.54) is 5.56 Å². The maximum absolute atomic E-state index is 10.3. The molecule has 0 unspecified atom stereocenters. The van der Waals surface area contributed by atoms with Gasteiger partial charge in [0.25, 0.3) is 0 Å². The van der Waals surface area contributed by atoms with E-state index in [0.29, 0.717) is 12.4 Å². The van der Waals surface area contributed by atoms with Gasteiger partial charge in [-0.2, -0.15) is 0 Å². The summed E-state index contributed by atoms with van der Waals surface area (Å²) in [4.78, 5) is 18.4. The van der Waals surface area contributed by atoms with Gasteiger partial charge in [0.1, 0.15) is 6.29 Å². The number of hydrogen-bond acceptors (Lipinski definition) is 4. The highest BCUT2D eigenvalue weighted by Gasteiger charge is 2.01. The first kappa shape index (κ1) is 13.2. The number of carbonyl (C=O) groups is 1. The van der Waals surface area contributed by atoms with E-state index in [1.807, 2.05) is 12.1 Å². The lowest BCUT2D eigenvalue weighted by Gasteiger charge is -2.04. The standard InChI is InChI=1S/C15H16N2O2/c1-19-15-16-10-14(11-17-15)13-7-5-12(6-8-13)4-2-3-9-18/h5-11H,2-4H2,1H3. The van der Waals surface area contributed by atoms with Crippen LogP contribution >= 0.6 is 0 Å². The minimum atomic E-state index is 0.370. The lowest BCUT2D eigenvalue weighted by Crippen LogP contribution is -1.91. The molecule has 0 radical (unpaired) electrons. The molecule has 1 aromatic heterocycles. The Morgan fingerprint density at radius 1 is 1.11 bits per heavy atom. The van der Waals surface area contributed by atoms with Crippen molar-refractivity contribution in [1.82, 2.24) is 9.97 Å². The fourth-order valence-electron chi connectivity index (χ4n) is 1.82. The largest absolute Gasteiger partial charge is 0.467 e. The van der Waals surface area contributed by atoms with Gasteiger partial charge in [-0.1, -0.05) is 24.3 Å². The fraction of sp³-hybridized carbons (Fsp3) is 0.267. The first-order chi connectivity index (χ1) is 9.33. The third-order valence-corrected chi connectivity index (χ3v) is 2.89. The highest BCUT2D eigenvalue weighted by Crippen LogP contribution is 2.19. The molecule has 0 spiro atoms. The van der Waals surface area contributed by atoms with E-state index in [4.69, 9.17) is 4.74 Å². The summed E-state index contributed by atoms with van der Waals surface area (Å²) in [6, 6.07) is 8.60. The normalized spacial score (nSPS) is 10.2. The molecule has 0 atom stereocenters. The van der Waals surface area contributed by atoms with Crippen LogP contribution in [-0.2, 0) is 11.2 Å². The average Bonchev–Trinajstić information content (AvgIpc) is 2.48. The molecule has 2 aromatic rings. The van der Waals surface area contributed by atoms with Gasteiger partial charge in [0.05, 0.1) is 7.11 Å². The number of aromatic nitrogens is 2. The second-order valence-electron chi connectivity index (χ2n) is 4.21. The third-order valence-electron chi connectivity index (χ3n) is 2.89. The molecule has 0 amide bonds. The van der Waals surface area contributed by atoms with Crippen LogP contribution in [-0.4, -0.2) is 23.4 Å². The first-order valence-electron chi connectivity index (χ1n) is 6.22. The molecular weight excluding hydrogens is 240 g/mol. The number of ether oxygens (including phenoxy) is 1. The van der Waals surface area contributed by atoms with Crippen LogP contribution in [0.5, 0.6) is 6.01 Å². The lowest BCUT2D eigenvalue weighted by molar-refractivity contribution is -0.107. The number of nitrogens with zero attached hydrogens (tertiary/aromatic N) is 2. The number of aldehydes is 1. The molecule has 0 aliphatic carbocycles. The smallest absolute Gasteiger partial charge is 0.316 e. The molecule has 4 heteroatoms. The van der Waals surface area contributed by atoms with Crippen LogP contribution < -0.4 is 4.74 Å². The van der Waals surface area contributed by atoms with Crippen molar-refractivity contribution in [3.05, 3.63) is 42.2 Å². The highest BCUT2D eigenvalue weighted by molar-refractivity contribution is 5.61.